The van der Waals surface area contributed by atoms with E-state index in [-0.39, 0.29) is 0 Å². The van der Waals surface area contributed by atoms with E-state index in [2.05, 4.69) is 30.7 Å². The summed E-state index contributed by atoms with van der Waals surface area (Å²) in [4.78, 5) is 0. The molecular formula is C11H13. The van der Waals surface area contributed by atoms with E-state index in [0.29, 0.717) is 0 Å². The fourth-order valence-corrected chi connectivity index (χ4v) is 0.860. The Hall–Kier alpha value is -1.04. The molecule has 0 spiro atoms. The van der Waals surface area contributed by atoms with E-state index in [1.165, 1.54) is 0 Å². The Labute approximate surface area is 68.6 Å². The lowest BCUT2D eigenvalue weighted by molar-refractivity contribution is 1.10. The number of allylic oxidation sites excluding steroid dienone is 8. The van der Waals surface area contributed by atoms with E-state index in [9.17, 15) is 0 Å². The first kappa shape index (κ1) is 8.06. The second-order valence-corrected chi connectivity index (χ2v) is 2.39. The maximum Gasteiger partial charge on any atom is -0.0310 e. The molecule has 0 N–H and O–H groups in total. The lowest BCUT2D eigenvalue weighted by atomic mass is 10.2. The van der Waals surface area contributed by atoms with Crippen LogP contribution in [-0.2, 0) is 0 Å². The molecule has 0 atom stereocenters. The van der Waals surface area contributed by atoms with E-state index < -0.39 is 0 Å². The van der Waals surface area contributed by atoms with Crippen LogP contribution in [-0.4, -0.2) is 0 Å². The second kappa shape index (κ2) is 5.72. The Morgan fingerprint density at radius 2 is 1.00 bits per heavy atom. The summed E-state index contributed by atoms with van der Waals surface area (Å²) in [6.45, 7) is 0. The second-order valence-electron chi connectivity index (χ2n) is 2.39. The summed E-state index contributed by atoms with van der Waals surface area (Å²) in [6, 6.07) is 0. The molecule has 0 aliphatic heterocycles. The summed E-state index contributed by atoms with van der Waals surface area (Å²) in [5.41, 5.74) is 0. The average molecular weight is 145 g/mol. The summed E-state index contributed by atoms with van der Waals surface area (Å²) in [6.07, 6.45) is 21.0. The van der Waals surface area contributed by atoms with Crippen molar-refractivity contribution >= 4 is 0 Å². The molecule has 1 radical (unpaired) electrons. The third-order valence-corrected chi connectivity index (χ3v) is 1.43. The Morgan fingerprint density at radius 1 is 0.545 bits per heavy atom. The molecule has 0 heteroatoms. The van der Waals surface area contributed by atoms with Crippen LogP contribution in [0.2, 0.25) is 0 Å². The SMILES string of the molecule is [CH]1CC=CC=CC=CC=CC1. The van der Waals surface area contributed by atoms with Crippen LogP contribution in [0.1, 0.15) is 12.8 Å². The van der Waals surface area contributed by atoms with Gasteiger partial charge in [0.2, 0.25) is 0 Å². The monoisotopic (exact) mass is 145 g/mol. The zero-order valence-corrected chi connectivity index (χ0v) is 6.61. The topological polar surface area (TPSA) is 0 Å². The van der Waals surface area contributed by atoms with Gasteiger partial charge >= 0.3 is 0 Å². The van der Waals surface area contributed by atoms with E-state index in [1.54, 1.807) is 0 Å². The van der Waals surface area contributed by atoms with Crippen LogP contribution in [0.25, 0.3) is 0 Å². The van der Waals surface area contributed by atoms with Crippen molar-refractivity contribution in [3.63, 3.8) is 0 Å². The van der Waals surface area contributed by atoms with Gasteiger partial charge in [0.25, 0.3) is 0 Å². The highest BCUT2D eigenvalue weighted by Crippen LogP contribution is 1.98. The first-order valence-corrected chi connectivity index (χ1v) is 3.97. The number of rotatable bonds is 0. The van der Waals surface area contributed by atoms with Crippen LogP contribution >= 0.6 is 0 Å². The molecule has 57 valence electrons. The molecule has 0 nitrogen and oxygen atoms in total. The Balaban J connectivity index is 2.47. The molecule has 11 heavy (non-hydrogen) atoms. The van der Waals surface area contributed by atoms with Gasteiger partial charge in [0.05, 0.1) is 0 Å². The van der Waals surface area contributed by atoms with Crippen molar-refractivity contribution in [3.8, 4) is 0 Å². The predicted molar refractivity (Wildman–Crippen MR) is 50.1 cm³/mol. The first-order chi connectivity index (χ1) is 5.50. The number of hydrogen-bond donors (Lipinski definition) is 0. The number of hydrogen-bond acceptors (Lipinski definition) is 0. The van der Waals surface area contributed by atoms with Gasteiger partial charge in [-0.05, 0) is 19.3 Å². The molecular weight excluding hydrogens is 132 g/mol. The maximum atomic E-state index is 2.25. The van der Waals surface area contributed by atoms with Crippen molar-refractivity contribution in [2.75, 3.05) is 0 Å². The van der Waals surface area contributed by atoms with Gasteiger partial charge in [0.1, 0.15) is 0 Å². The van der Waals surface area contributed by atoms with Gasteiger partial charge in [0, 0.05) is 0 Å². The average Bonchev–Trinajstić information content (AvgIpc) is 2.08. The molecule has 0 bridgehead atoms. The molecule has 0 aromatic rings. The van der Waals surface area contributed by atoms with Gasteiger partial charge in [-0.25, -0.2) is 0 Å². The van der Waals surface area contributed by atoms with Crippen LogP contribution in [0.4, 0.5) is 0 Å². The summed E-state index contributed by atoms with van der Waals surface area (Å²) in [5, 5.41) is 0. The minimum absolute atomic E-state index is 1.06. The van der Waals surface area contributed by atoms with Gasteiger partial charge in [-0.1, -0.05) is 48.6 Å². The summed E-state index contributed by atoms with van der Waals surface area (Å²) < 4.78 is 0. The standard InChI is InChI=1S/C11H13/c1-2-4-6-8-10-11-9-7-5-3-1/h1-8,11H,9-10H2. The quantitative estimate of drug-likeness (QED) is 0.491. The van der Waals surface area contributed by atoms with Crippen molar-refractivity contribution < 1.29 is 0 Å². The third kappa shape index (κ3) is 4.38. The summed E-state index contributed by atoms with van der Waals surface area (Å²) >= 11 is 0. The maximum absolute atomic E-state index is 2.25. The first-order valence-electron chi connectivity index (χ1n) is 3.97. The molecule has 1 aliphatic rings. The zero-order valence-electron chi connectivity index (χ0n) is 6.61. The van der Waals surface area contributed by atoms with Gasteiger partial charge in [0.15, 0.2) is 0 Å². The highest BCUT2D eigenvalue weighted by atomic mass is 13.9. The van der Waals surface area contributed by atoms with Gasteiger partial charge < -0.3 is 0 Å². The molecule has 0 unspecified atom stereocenters. The smallest absolute Gasteiger partial charge is 0.0310 e. The molecule has 0 aromatic carbocycles. The van der Waals surface area contributed by atoms with Crippen LogP contribution in [0.15, 0.2) is 48.6 Å². The molecule has 0 aromatic heterocycles. The van der Waals surface area contributed by atoms with E-state index >= 15 is 0 Å². The van der Waals surface area contributed by atoms with E-state index in [0.717, 1.165) is 12.8 Å². The van der Waals surface area contributed by atoms with Gasteiger partial charge in [-0.2, -0.15) is 0 Å². The molecule has 0 heterocycles. The normalized spacial score (nSPS) is 18.2. The van der Waals surface area contributed by atoms with Crippen molar-refractivity contribution in [3.05, 3.63) is 55.0 Å². The molecule has 1 aliphatic carbocycles. The lowest BCUT2D eigenvalue weighted by Gasteiger charge is -1.86. The van der Waals surface area contributed by atoms with E-state index in [4.69, 9.17) is 0 Å². The lowest BCUT2D eigenvalue weighted by Crippen LogP contribution is -1.68. The minimum Gasteiger partial charge on any atom is -0.0842 e. The predicted octanol–water partition coefficient (Wildman–Crippen LogP) is 3.21. The molecule has 0 fully saturated rings. The van der Waals surface area contributed by atoms with Crippen molar-refractivity contribution in [2.45, 2.75) is 12.8 Å². The Morgan fingerprint density at radius 3 is 1.55 bits per heavy atom. The largest absolute Gasteiger partial charge is 0.0842 e. The highest BCUT2D eigenvalue weighted by Gasteiger charge is 1.79. The van der Waals surface area contributed by atoms with Crippen molar-refractivity contribution in [1.82, 2.24) is 0 Å². The molecule has 1 rings (SSSR count). The third-order valence-electron chi connectivity index (χ3n) is 1.43. The van der Waals surface area contributed by atoms with E-state index in [1.807, 2.05) is 24.3 Å². The summed E-state index contributed by atoms with van der Waals surface area (Å²) in [5.74, 6) is 0. The van der Waals surface area contributed by atoms with Crippen LogP contribution in [0.5, 0.6) is 0 Å². The Kier molecular flexibility index (Phi) is 4.19. The fourth-order valence-electron chi connectivity index (χ4n) is 0.860. The van der Waals surface area contributed by atoms with Crippen LogP contribution < -0.4 is 0 Å². The van der Waals surface area contributed by atoms with Crippen molar-refractivity contribution in [2.24, 2.45) is 0 Å². The zero-order chi connectivity index (χ0) is 7.78. The van der Waals surface area contributed by atoms with Crippen LogP contribution in [0.3, 0.4) is 0 Å². The minimum atomic E-state index is 1.06. The van der Waals surface area contributed by atoms with Gasteiger partial charge in [-0.15, -0.1) is 0 Å². The molecule has 0 amide bonds. The Bertz CT molecular complexity index is 170. The molecule has 0 saturated carbocycles. The molecule has 0 saturated heterocycles. The van der Waals surface area contributed by atoms with Gasteiger partial charge in [-0.3, -0.25) is 0 Å². The van der Waals surface area contributed by atoms with Crippen LogP contribution in [0, 0.1) is 6.42 Å². The summed E-state index contributed by atoms with van der Waals surface area (Å²) in [7, 11) is 0. The van der Waals surface area contributed by atoms with Crippen molar-refractivity contribution in [1.29, 1.82) is 0 Å². The fraction of sp³-hybridized carbons (Fsp3) is 0.182. The highest BCUT2D eigenvalue weighted by molar-refractivity contribution is 5.16.